The van der Waals surface area contributed by atoms with Gasteiger partial charge in [0.05, 0.1) is 12.7 Å². The summed E-state index contributed by atoms with van der Waals surface area (Å²) in [5.74, 6) is 1.71. The van der Waals surface area contributed by atoms with Crippen molar-refractivity contribution < 1.29 is 9.47 Å². The van der Waals surface area contributed by atoms with Crippen LogP contribution < -0.4 is 9.47 Å². The Kier molecular flexibility index (Phi) is 2.77. The van der Waals surface area contributed by atoms with E-state index in [-0.39, 0.29) is 6.10 Å². The topological polar surface area (TPSA) is 18.5 Å². The second kappa shape index (κ2) is 4.57. The maximum Gasteiger partial charge on any atom is 0.142 e. The molecule has 0 fully saturated rings. The van der Waals surface area contributed by atoms with E-state index < -0.39 is 0 Å². The molecule has 2 nitrogen and oxygen atoms in total. The molecule has 1 atom stereocenters. The molecule has 1 heterocycles. The number of hydrogen-bond donors (Lipinski definition) is 0. The van der Waals surface area contributed by atoms with Gasteiger partial charge in [-0.2, -0.15) is 0 Å². The fourth-order valence-corrected chi connectivity index (χ4v) is 2.15. The van der Waals surface area contributed by atoms with E-state index in [1.54, 1.807) is 7.11 Å². The number of methoxy groups -OCH3 is 1. The molecule has 1 aliphatic heterocycles. The molecule has 18 heavy (non-hydrogen) atoms. The summed E-state index contributed by atoms with van der Waals surface area (Å²) in [5.41, 5.74) is 2.16. The van der Waals surface area contributed by atoms with Gasteiger partial charge in [0.2, 0.25) is 0 Å². The number of benzene rings is 2. The lowest BCUT2D eigenvalue weighted by Gasteiger charge is -2.22. The van der Waals surface area contributed by atoms with Gasteiger partial charge in [-0.15, -0.1) is 0 Å². The predicted molar refractivity (Wildman–Crippen MR) is 71.8 cm³/mol. The molecule has 0 spiro atoms. The maximum absolute atomic E-state index is 5.99. The van der Waals surface area contributed by atoms with Crippen molar-refractivity contribution in [2.24, 2.45) is 0 Å². The molecule has 0 bridgehead atoms. The lowest BCUT2D eigenvalue weighted by Crippen LogP contribution is -2.09. The Morgan fingerprint density at radius 2 is 1.83 bits per heavy atom. The third-order valence-corrected chi connectivity index (χ3v) is 3.07. The molecule has 2 aromatic carbocycles. The molecule has 90 valence electrons. The molecule has 0 N–H and O–H groups in total. The van der Waals surface area contributed by atoms with Crippen molar-refractivity contribution in [3.63, 3.8) is 0 Å². The SMILES string of the molecule is COc1cccc2c1C=CC(c1ccccc1)O2. The molecule has 0 aliphatic carbocycles. The molecule has 1 aliphatic rings. The molecule has 3 rings (SSSR count). The first-order chi connectivity index (χ1) is 8.88. The lowest BCUT2D eigenvalue weighted by atomic mass is 10.0. The summed E-state index contributed by atoms with van der Waals surface area (Å²) in [5, 5.41) is 0. The molecule has 0 radical (unpaired) electrons. The van der Waals surface area contributed by atoms with E-state index in [1.807, 2.05) is 36.4 Å². The number of fused-ring (bicyclic) bond motifs is 1. The number of rotatable bonds is 2. The fraction of sp³-hybridized carbons (Fsp3) is 0.125. The van der Waals surface area contributed by atoms with Gasteiger partial charge < -0.3 is 9.47 Å². The Labute approximate surface area is 106 Å². The summed E-state index contributed by atoms with van der Waals surface area (Å²) >= 11 is 0. The van der Waals surface area contributed by atoms with Crippen molar-refractivity contribution in [3.8, 4) is 11.5 Å². The maximum atomic E-state index is 5.99. The average Bonchev–Trinajstić information content (AvgIpc) is 2.47. The predicted octanol–water partition coefficient (Wildman–Crippen LogP) is 3.84. The van der Waals surface area contributed by atoms with Crippen LogP contribution in [0.2, 0.25) is 0 Å². The van der Waals surface area contributed by atoms with Gasteiger partial charge in [0.25, 0.3) is 0 Å². The zero-order valence-corrected chi connectivity index (χ0v) is 10.2. The van der Waals surface area contributed by atoms with Crippen LogP contribution >= 0.6 is 0 Å². The number of hydrogen-bond acceptors (Lipinski definition) is 2. The van der Waals surface area contributed by atoms with Crippen LogP contribution in [0.5, 0.6) is 11.5 Å². The van der Waals surface area contributed by atoms with E-state index in [0.717, 1.165) is 22.6 Å². The van der Waals surface area contributed by atoms with Crippen LogP contribution in [0.4, 0.5) is 0 Å². The Bertz CT molecular complexity index is 573. The van der Waals surface area contributed by atoms with Crippen LogP contribution in [-0.2, 0) is 0 Å². The van der Waals surface area contributed by atoms with Gasteiger partial charge in [0.1, 0.15) is 17.6 Å². The highest BCUT2D eigenvalue weighted by molar-refractivity contribution is 5.66. The first-order valence-electron chi connectivity index (χ1n) is 5.95. The molecule has 0 saturated carbocycles. The molecule has 0 saturated heterocycles. The van der Waals surface area contributed by atoms with Gasteiger partial charge >= 0.3 is 0 Å². The van der Waals surface area contributed by atoms with Crippen LogP contribution in [-0.4, -0.2) is 7.11 Å². The summed E-state index contributed by atoms with van der Waals surface area (Å²) in [4.78, 5) is 0. The van der Waals surface area contributed by atoms with Crippen LogP contribution in [0.15, 0.2) is 54.6 Å². The molecule has 2 heteroatoms. The van der Waals surface area contributed by atoms with Gasteiger partial charge in [-0.3, -0.25) is 0 Å². The van der Waals surface area contributed by atoms with Gasteiger partial charge in [-0.1, -0.05) is 36.4 Å². The Morgan fingerprint density at radius 1 is 1.00 bits per heavy atom. The second-order valence-corrected chi connectivity index (χ2v) is 4.18. The smallest absolute Gasteiger partial charge is 0.142 e. The van der Waals surface area contributed by atoms with Crippen molar-refractivity contribution >= 4 is 6.08 Å². The van der Waals surface area contributed by atoms with Crippen molar-refractivity contribution in [2.45, 2.75) is 6.10 Å². The summed E-state index contributed by atoms with van der Waals surface area (Å²) in [7, 11) is 1.67. The van der Waals surface area contributed by atoms with E-state index in [0.29, 0.717) is 0 Å². The minimum absolute atomic E-state index is 0.0224. The minimum atomic E-state index is -0.0224. The molecule has 1 unspecified atom stereocenters. The third kappa shape index (κ3) is 1.86. The molecule has 0 aromatic heterocycles. The molecular formula is C16H14O2. The Morgan fingerprint density at radius 3 is 2.61 bits per heavy atom. The van der Waals surface area contributed by atoms with Crippen LogP contribution in [0.25, 0.3) is 6.08 Å². The zero-order valence-electron chi connectivity index (χ0n) is 10.2. The molecule has 2 aromatic rings. The highest BCUT2D eigenvalue weighted by Crippen LogP contribution is 2.37. The van der Waals surface area contributed by atoms with E-state index >= 15 is 0 Å². The monoisotopic (exact) mass is 238 g/mol. The zero-order chi connectivity index (χ0) is 12.4. The van der Waals surface area contributed by atoms with Crippen LogP contribution in [0.1, 0.15) is 17.2 Å². The summed E-state index contributed by atoms with van der Waals surface area (Å²) in [6, 6.07) is 16.0. The number of ether oxygens (including phenoxy) is 2. The summed E-state index contributed by atoms with van der Waals surface area (Å²) in [6.45, 7) is 0. The van der Waals surface area contributed by atoms with E-state index in [9.17, 15) is 0 Å². The minimum Gasteiger partial charge on any atom is -0.496 e. The van der Waals surface area contributed by atoms with E-state index in [2.05, 4.69) is 24.3 Å². The third-order valence-electron chi connectivity index (χ3n) is 3.07. The fourth-order valence-electron chi connectivity index (χ4n) is 2.15. The second-order valence-electron chi connectivity index (χ2n) is 4.18. The van der Waals surface area contributed by atoms with Gasteiger partial charge in [0, 0.05) is 0 Å². The van der Waals surface area contributed by atoms with Gasteiger partial charge in [-0.05, 0) is 29.8 Å². The van der Waals surface area contributed by atoms with Crippen LogP contribution in [0.3, 0.4) is 0 Å². The lowest BCUT2D eigenvalue weighted by molar-refractivity contribution is 0.250. The van der Waals surface area contributed by atoms with Crippen molar-refractivity contribution in [1.29, 1.82) is 0 Å². The van der Waals surface area contributed by atoms with Gasteiger partial charge in [0.15, 0.2) is 0 Å². The van der Waals surface area contributed by atoms with E-state index in [4.69, 9.17) is 9.47 Å². The van der Waals surface area contributed by atoms with E-state index in [1.165, 1.54) is 0 Å². The standard InChI is InChI=1S/C16H14O2/c1-17-15-8-5-9-16-13(15)10-11-14(18-16)12-6-3-2-4-7-12/h2-11,14H,1H3. The van der Waals surface area contributed by atoms with Crippen LogP contribution in [0, 0.1) is 0 Å². The first kappa shape index (κ1) is 10.9. The van der Waals surface area contributed by atoms with Crippen molar-refractivity contribution in [2.75, 3.05) is 7.11 Å². The van der Waals surface area contributed by atoms with Crippen molar-refractivity contribution in [1.82, 2.24) is 0 Å². The molecule has 0 amide bonds. The first-order valence-corrected chi connectivity index (χ1v) is 5.95. The quantitative estimate of drug-likeness (QED) is 0.791. The van der Waals surface area contributed by atoms with Gasteiger partial charge in [-0.25, -0.2) is 0 Å². The summed E-state index contributed by atoms with van der Waals surface area (Å²) < 4.78 is 11.3. The largest absolute Gasteiger partial charge is 0.496 e. The molecular weight excluding hydrogens is 224 g/mol. The normalized spacial score (nSPS) is 16.8. The Hall–Kier alpha value is -2.22. The highest BCUT2D eigenvalue weighted by Gasteiger charge is 2.18. The average molecular weight is 238 g/mol. The summed E-state index contributed by atoms with van der Waals surface area (Å²) in [6.07, 6.45) is 4.10. The van der Waals surface area contributed by atoms with Crippen molar-refractivity contribution in [3.05, 3.63) is 65.7 Å². The highest BCUT2D eigenvalue weighted by atomic mass is 16.5. The Balaban J connectivity index is 1.96.